The summed E-state index contributed by atoms with van der Waals surface area (Å²) in [5, 5.41) is 19.5. The molecule has 0 aromatic heterocycles. The van der Waals surface area contributed by atoms with E-state index >= 15 is 0 Å². The maximum Gasteiger partial charge on any atom is 0.335 e. The van der Waals surface area contributed by atoms with Gasteiger partial charge in [-0.1, -0.05) is 64.5 Å². The van der Waals surface area contributed by atoms with Crippen LogP contribution in [0.1, 0.15) is 115 Å². The Labute approximate surface area is 296 Å². The van der Waals surface area contributed by atoms with Crippen LogP contribution < -0.4 is 0 Å². The van der Waals surface area contributed by atoms with E-state index in [2.05, 4.69) is 66.3 Å². The first-order valence-corrected chi connectivity index (χ1v) is 19.4. The van der Waals surface area contributed by atoms with Gasteiger partial charge in [-0.15, -0.1) is 0 Å². The zero-order chi connectivity index (χ0) is 35.5. The highest BCUT2D eigenvalue weighted by atomic mass is 16.4. The number of carboxylic acids is 1. The van der Waals surface area contributed by atoms with E-state index in [0.717, 1.165) is 44.2 Å². The first-order valence-electron chi connectivity index (χ1n) is 19.4. The van der Waals surface area contributed by atoms with E-state index in [0.29, 0.717) is 60.1 Å². The Hall–Kier alpha value is -2.44. The normalized spacial score (nSPS) is 37.9. The van der Waals surface area contributed by atoms with Gasteiger partial charge in [-0.25, -0.2) is 4.79 Å². The number of amides is 1. The second-order valence-electron chi connectivity index (χ2n) is 18.3. The van der Waals surface area contributed by atoms with E-state index in [4.69, 9.17) is 0 Å². The fourth-order valence-electron chi connectivity index (χ4n) is 13.1. The second-order valence-corrected chi connectivity index (χ2v) is 18.3. The first-order chi connectivity index (χ1) is 23.1. The summed E-state index contributed by atoms with van der Waals surface area (Å²) in [6, 6.07) is 7.55. The van der Waals surface area contributed by atoms with Crippen molar-refractivity contribution >= 4 is 17.4 Å². The molecule has 0 unspecified atom stereocenters. The molecular formula is C43H64N2O4. The van der Waals surface area contributed by atoms with Gasteiger partial charge >= 0.3 is 5.97 Å². The zero-order valence-electron chi connectivity index (χ0n) is 31.6. The van der Waals surface area contributed by atoms with Crippen molar-refractivity contribution in [1.82, 2.24) is 9.80 Å². The van der Waals surface area contributed by atoms with E-state index in [9.17, 15) is 19.8 Å². The molecule has 6 heteroatoms. The van der Waals surface area contributed by atoms with Gasteiger partial charge in [0.2, 0.25) is 5.91 Å². The van der Waals surface area contributed by atoms with Crippen molar-refractivity contribution in [2.75, 3.05) is 40.3 Å². The molecule has 6 nitrogen and oxygen atoms in total. The van der Waals surface area contributed by atoms with Gasteiger partial charge in [0.1, 0.15) is 0 Å². The predicted octanol–water partition coefficient (Wildman–Crippen LogP) is 8.42. The Morgan fingerprint density at radius 1 is 0.857 bits per heavy atom. The van der Waals surface area contributed by atoms with Gasteiger partial charge < -0.3 is 20.0 Å². The van der Waals surface area contributed by atoms with Crippen LogP contribution in [0.5, 0.6) is 0 Å². The molecule has 1 aromatic rings. The minimum Gasteiger partial charge on any atom is -0.478 e. The molecule has 0 heterocycles. The van der Waals surface area contributed by atoms with Crippen LogP contribution in [0.2, 0.25) is 0 Å². The van der Waals surface area contributed by atoms with Gasteiger partial charge in [-0.3, -0.25) is 4.79 Å². The highest BCUT2D eigenvalue weighted by molar-refractivity contribution is 5.88. The van der Waals surface area contributed by atoms with Crippen LogP contribution in [0.15, 0.2) is 42.5 Å². The fourth-order valence-corrected chi connectivity index (χ4v) is 13.1. The maximum absolute atomic E-state index is 14.8. The molecule has 0 radical (unpaired) electrons. The minimum atomic E-state index is -0.877. The summed E-state index contributed by atoms with van der Waals surface area (Å²) in [5.41, 5.74) is 4.16. The Morgan fingerprint density at radius 2 is 1.53 bits per heavy atom. The Morgan fingerprint density at radius 3 is 2.16 bits per heavy atom. The second kappa shape index (κ2) is 13.3. The third kappa shape index (κ3) is 5.85. The highest BCUT2D eigenvalue weighted by Gasteiger charge is 2.67. The standard InChI is InChI=1S/C43H64N2O4/c1-28(2)31-18-21-43(39(49)45(26-27-46)25-24-44(7)8)23-22-41(5)33-10-9-11-36-40(3,4)32(29-12-14-30(15-13-29)38(47)48)19-20-42(36,6)34(33)16-17-35(41)37(31)43/h12-15,19,31,33-37,46H,1,9-11,16-18,20-27H2,2-8H3,(H,47,48)/t31-,33-,34-,35+,36-,37+,41-,42+,43-/m0/s1. The van der Waals surface area contributed by atoms with Gasteiger partial charge in [0, 0.05) is 19.6 Å². The van der Waals surface area contributed by atoms with Crippen LogP contribution in [0.3, 0.4) is 0 Å². The lowest BCUT2D eigenvalue weighted by molar-refractivity contribution is -0.172. The Bertz CT molecular complexity index is 1460. The quantitative estimate of drug-likeness (QED) is 0.258. The molecule has 1 amide bonds. The number of likely N-dealkylation sites (N-methyl/N-ethyl adjacent to an activating group) is 1. The summed E-state index contributed by atoms with van der Waals surface area (Å²) < 4.78 is 0. The Balaban J connectivity index is 1.33. The molecule has 0 bridgehead atoms. The lowest BCUT2D eigenvalue weighted by Gasteiger charge is -2.64. The number of rotatable bonds is 9. The number of carbonyl (C=O) groups is 2. The number of carbonyl (C=O) groups excluding carboxylic acids is 1. The van der Waals surface area contributed by atoms with Crippen molar-refractivity contribution in [3.63, 3.8) is 0 Å². The zero-order valence-corrected chi connectivity index (χ0v) is 31.6. The van der Waals surface area contributed by atoms with E-state index in [1.165, 1.54) is 43.3 Å². The largest absolute Gasteiger partial charge is 0.478 e. The van der Waals surface area contributed by atoms with Crippen molar-refractivity contribution in [1.29, 1.82) is 0 Å². The first kappa shape index (κ1) is 36.4. The van der Waals surface area contributed by atoms with Gasteiger partial charge in [0.05, 0.1) is 17.6 Å². The average molecular weight is 673 g/mol. The van der Waals surface area contributed by atoms with E-state index in [1.54, 1.807) is 12.1 Å². The van der Waals surface area contributed by atoms with Crippen molar-refractivity contribution in [2.24, 2.45) is 57.2 Å². The van der Waals surface area contributed by atoms with Gasteiger partial charge in [-0.05, 0) is 154 Å². The van der Waals surface area contributed by atoms with Crippen molar-refractivity contribution < 1.29 is 19.8 Å². The molecule has 0 aliphatic heterocycles. The molecule has 4 saturated carbocycles. The highest BCUT2D eigenvalue weighted by Crippen LogP contribution is 2.73. The molecule has 49 heavy (non-hydrogen) atoms. The summed E-state index contributed by atoms with van der Waals surface area (Å²) in [6.45, 7) is 18.8. The van der Waals surface area contributed by atoms with E-state index < -0.39 is 5.97 Å². The molecule has 1 aromatic carbocycles. The van der Waals surface area contributed by atoms with Gasteiger partial charge in [0.25, 0.3) is 0 Å². The summed E-state index contributed by atoms with van der Waals surface area (Å²) in [5.74, 6) is 2.49. The molecule has 5 aliphatic rings. The van der Waals surface area contributed by atoms with Crippen molar-refractivity contribution in [3.05, 3.63) is 53.6 Å². The number of aliphatic hydroxyl groups excluding tert-OH is 1. The molecular weight excluding hydrogens is 608 g/mol. The predicted molar refractivity (Wildman–Crippen MR) is 198 cm³/mol. The van der Waals surface area contributed by atoms with Crippen LogP contribution in [-0.4, -0.2) is 72.2 Å². The molecule has 0 spiro atoms. The van der Waals surface area contributed by atoms with Gasteiger partial charge in [-0.2, -0.15) is 0 Å². The van der Waals surface area contributed by atoms with Crippen molar-refractivity contribution in [3.8, 4) is 0 Å². The van der Waals surface area contributed by atoms with Crippen LogP contribution in [0, 0.1) is 57.2 Å². The fraction of sp³-hybridized carbons (Fsp3) is 0.721. The number of benzene rings is 1. The molecule has 0 saturated heterocycles. The molecule has 6 rings (SSSR count). The number of fused-ring (bicyclic) bond motifs is 7. The van der Waals surface area contributed by atoms with E-state index in [1.807, 2.05) is 17.0 Å². The smallest absolute Gasteiger partial charge is 0.335 e. The lowest BCUT2D eigenvalue weighted by Crippen LogP contribution is -2.60. The minimum absolute atomic E-state index is 0.00856. The SMILES string of the molecule is C=C(C)[C@@H]1CC[C@]2(C(=O)N(CCO)CCN(C)C)CC[C@]3(C)[C@H](CC[C@H]4[C@@H]3CCC[C@H]3C(C)(C)C(c5ccc(C(=O)O)cc5)=CC[C@]43C)[C@@H]12. The number of aromatic carboxylic acids is 1. The van der Waals surface area contributed by atoms with Crippen LogP contribution in [0.4, 0.5) is 0 Å². The number of hydrogen-bond acceptors (Lipinski definition) is 4. The van der Waals surface area contributed by atoms with Crippen molar-refractivity contribution in [2.45, 2.75) is 98.8 Å². The topological polar surface area (TPSA) is 81.1 Å². The number of hydrogen-bond donors (Lipinski definition) is 2. The molecule has 4 fully saturated rings. The monoisotopic (exact) mass is 672 g/mol. The van der Waals surface area contributed by atoms with Crippen LogP contribution >= 0.6 is 0 Å². The number of carboxylic acid groups (broad SMARTS) is 1. The third-order valence-corrected chi connectivity index (χ3v) is 15.4. The molecule has 9 atom stereocenters. The number of aliphatic hydroxyl groups is 1. The van der Waals surface area contributed by atoms with E-state index in [-0.39, 0.29) is 28.3 Å². The lowest BCUT2D eigenvalue weighted by atomic mass is 9.40. The van der Waals surface area contributed by atoms with Crippen LogP contribution in [-0.2, 0) is 4.79 Å². The summed E-state index contributed by atoms with van der Waals surface area (Å²) >= 11 is 0. The number of nitrogens with zero attached hydrogens (tertiary/aromatic N) is 2. The molecule has 5 aliphatic carbocycles. The summed E-state index contributed by atoms with van der Waals surface area (Å²) in [4.78, 5) is 30.5. The van der Waals surface area contributed by atoms with Crippen LogP contribution in [0.25, 0.3) is 5.57 Å². The summed E-state index contributed by atoms with van der Waals surface area (Å²) in [7, 11) is 4.11. The summed E-state index contributed by atoms with van der Waals surface area (Å²) in [6.07, 6.45) is 13.8. The average Bonchev–Trinajstić information content (AvgIpc) is 3.37. The van der Waals surface area contributed by atoms with Gasteiger partial charge in [0.15, 0.2) is 0 Å². The maximum atomic E-state index is 14.8. The Kier molecular flexibility index (Phi) is 9.85. The molecule has 270 valence electrons. The molecule has 2 N–H and O–H groups in total. The third-order valence-electron chi connectivity index (χ3n) is 15.4. The number of allylic oxidation sites excluding steroid dienone is 3.